The van der Waals surface area contributed by atoms with Crippen LogP contribution in [0.4, 0.5) is 0 Å². The number of Topliss-reactive ketones (excluding diaryl/α,β-unsaturated/α-hetero) is 1. The van der Waals surface area contributed by atoms with Crippen LogP contribution in [-0.4, -0.2) is 20.2 Å². The van der Waals surface area contributed by atoms with Crippen LogP contribution < -0.4 is 0 Å². The Bertz CT molecular complexity index is 604. The molecule has 0 heterocycles. The van der Waals surface area contributed by atoms with Gasteiger partial charge >= 0.3 is 0 Å². The monoisotopic (exact) mass is 360 g/mol. The number of ketones is 1. The Labute approximate surface area is 154 Å². The molecule has 25 heavy (non-hydrogen) atoms. The van der Waals surface area contributed by atoms with E-state index in [0.717, 1.165) is 37.5 Å². The molecule has 0 amide bonds. The van der Waals surface area contributed by atoms with E-state index in [1.165, 1.54) is 25.7 Å². The molecule has 0 bridgehead atoms. The minimum Gasteiger partial charge on any atom is -0.414 e. The topological polar surface area (TPSA) is 26.3 Å². The summed E-state index contributed by atoms with van der Waals surface area (Å²) < 4.78 is 6.46. The standard InChI is InChI=1S/C22H36O2Si/c1-21-12-10-16(24-25(3,4)5)14-15(21)6-7-17-18-8-9-20(23)22(18,2)13-11-19(17)21/h6,16-19H,7-14H2,1-5H3/t16-,17?,18-,19-,21-,22-/m0/s1. The molecule has 3 saturated carbocycles. The van der Waals surface area contributed by atoms with Crippen LogP contribution in [0.15, 0.2) is 11.6 Å². The zero-order chi connectivity index (χ0) is 18.0. The Morgan fingerprint density at radius 3 is 2.44 bits per heavy atom. The highest BCUT2D eigenvalue weighted by Gasteiger charge is 2.58. The smallest absolute Gasteiger partial charge is 0.184 e. The fraction of sp³-hybridized carbons (Fsp3) is 0.864. The van der Waals surface area contributed by atoms with Gasteiger partial charge in [-0.1, -0.05) is 25.5 Å². The number of hydrogen-bond acceptors (Lipinski definition) is 2. The van der Waals surface area contributed by atoms with Crippen molar-refractivity contribution in [2.75, 3.05) is 0 Å². The van der Waals surface area contributed by atoms with Gasteiger partial charge in [0.1, 0.15) is 5.78 Å². The van der Waals surface area contributed by atoms with Gasteiger partial charge < -0.3 is 4.43 Å². The van der Waals surface area contributed by atoms with Crippen molar-refractivity contribution in [3.63, 3.8) is 0 Å². The molecule has 0 saturated heterocycles. The van der Waals surface area contributed by atoms with Crippen molar-refractivity contribution in [1.29, 1.82) is 0 Å². The molecule has 0 aromatic rings. The number of rotatable bonds is 2. The quantitative estimate of drug-likeness (QED) is 0.464. The van der Waals surface area contributed by atoms with Gasteiger partial charge in [-0.15, -0.1) is 0 Å². The third-order valence-corrected chi connectivity index (χ3v) is 9.33. The van der Waals surface area contributed by atoms with Gasteiger partial charge in [0, 0.05) is 17.9 Å². The minimum absolute atomic E-state index is 0.00101. The molecule has 3 fully saturated rings. The lowest BCUT2D eigenvalue weighted by Crippen LogP contribution is -2.51. The average Bonchev–Trinajstić information content (AvgIpc) is 2.82. The van der Waals surface area contributed by atoms with Gasteiger partial charge in [0.25, 0.3) is 0 Å². The van der Waals surface area contributed by atoms with Crippen molar-refractivity contribution in [3.05, 3.63) is 11.6 Å². The number of carbonyl (C=O) groups excluding carboxylic acids is 1. The second-order valence-electron chi connectivity index (χ2n) is 10.8. The van der Waals surface area contributed by atoms with E-state index in [2.05, 4.69) is 39.6 Å². The van der Waals surface area contributed by atoms with Crippen molar-refractivity contribution in [1.82, 2.24) is 0 Å². The first-order valence-corrected chi connectivity index (χ1v) is 13.9. The zero-order valence-electron chi connectivity index (χ0n) is 16.9. The first-order valence-electron chi connectivity index (χ1n) is 10.5. The predicted octanol–water partition coefficient (Wildman–Crippen LogP) is 5.74. The molecule has 6 atom stereocenters. The van der Waals surface area contributed by atoms with Crippen LogP contribution in [0.25, 0.3) is 0 Å². The molecular formula is C22H36O2Si. The van der Waals surface area contributed by atoms with Crippen molar-refractivity contribution in [2.45, 2.75) is 91.0 Å². The van der Waals surface area contributed by atoms with Gasteiger partial charge in [-0.05, 0) is 87.8 Å². The Morgan fingerprint density at radius 2 is 1.72 bits per heavy atom. The summed E-state index contributed by atoms with van der Waals surface area (Å²) in [7, 11) is -1.46. The molecule has 0 N–H and O–H groups in total. The molecule has 4 aliphatic carbocycles. The maximum atomic E-state index is 12.5. The molecule has 1 unspecified atom stereocenters. The summed E-state index contributed by atoms with van der Waals surface area (Å²) in [6.45, 7) is 11.8. The van der Waals surface area contributed by atoms with Gasteiger partial charge in [-0.25, -0.2) is 0 Å². The fourth-order valence-corrected chi connectivity index (χ4v) is 8.20. The van der Waals surface area contributed by atoms with Crippen LogP contribution >= 0.6 is 0 Å². The van der Waals surface area contributed by atoms with E-state index in [-0.39, 0.29) is 5.41 Å². The molecule has 0 spiro atoms. The lowest BCUT2D eigenvalue weighted by Gasteiger charge is -2.57. The number of hydrogen-bond donors (Lipinski definition) is 0. The normalized spacial score (nSPS) is 46.9. The molecule has 2 nitrogen and oxygen atoms in total. The second-order valence-corrected chi connectivity index (χ2v) is 15.2. The van der Waals surface area contributed by atoms with Crippen LogP contribution in [0.1, 0.15) is 65.2 Å². The Kier molecular flexibility index (Phi) is 4.16. The highest BCUT2D eigenvalue weighted by Crippen LogP contribution is 2.64. The van der Waals surface area contributed by atoms with Crippen molar-refractivity contribution in [3.8, 4) is 0 Å². The van der Waals surface area contributed by atoms with E-state index in [9.17, 15) is 4.79 Å². The summed E-state index contributed by atoms with van der Waals surface area (Å²) in [6.07, 6.45) is 12.3. The summed E-state index contributed by atoms with van der Waals surface area (Å²) in [4.78, 5) is 12.5. The zero-order valence-corrected chi connectivity index (χ0v) is 17.9. The number of fused-ring (bicyclic) bond motifs is 5. The predicted molar refractivity (Wildman–Crippen MR) is 105 cm³/mol. The number of allylic oxidation sites excluding steroid dienone is 1. The summed E-state index contributed by atoms with van der Waals surface area (Å²) >= 11 is 0. The van der Waals surface area contributed by atoms with Gasteiger partial charge in [-0.2, -0.15) is 0 Å². The van der Waals surface area contributed by atoms with E-state index in [0.29, 0.717) is 23.2 Å². The molecule has 0 radical (unpaired) electrons. The molecular weight excluding hydrogens is 324 g/mol. The Morgan fingerprint density at radius 1 is 1.04 bits per heavy atom. The van der Waals surface area contributed by atoms with Crippen LogP contribution in [0.3, 0.4) is 0 Å². The van der Waals surface area contributed by atoms with Crippen LogP contribution in [0, 0.1) is 28.6 Å². The maximum absolute atomic E-state index is 12.5. The van der Waals surface area contributed by atoms with E-state index in [1.807, 2.05) is 0 Å². The van der Waals surface area contributed by atoms with Crippen LogP contribution in [0.2, 0.25) is 19.6 Å². The third-order valence-electron chi connectivity index (χ3n) is 8.29. The van der Waals surface area contributed by atoms with Gasteiger partial charge in [-0.3, -0.25) is 4.79 Å². The highest BCUT2D eigenvalue weighted by molar-refractivity contribution is 6.69. The molecule has 0 aromatic heterocycles. The first kappa shape index (κ1) is 18.0. The van der Waals surface area contributed by atoms with Crippen molar-refractivity contribution < 1.29 is 9.22 Å². The SMILES string of the molecule is C[C@]12CC[C@H](O[Si](C)(C)C)CC1=CCC1[C@@H]2CC[C@]2(C)C(=O)CC[C@@H]12. The Hall–Kier alpha value is -0.413. The van der Waals surface area contributed by atoms with E-state index in [1.54, 1.807) is 5.57 Å². The molecule has 4 aliphatic rings. The molecule has 0 aliphatic heterocycles. The molecule has 140 valence electrons. The second kappa shape index (κ2) is 5.79. The maximum Gasteiger partial charge on any atom is 0.184 e. The van der Waals surface area contributed by atoms with Crippen molar-refractivity contribution in [2.24, 2.45) is 28.6 Å². The van der Waals surface area contributed by atoms with Gasteiger partial charge in [0.15, 0.2) is 8.32 Å². The number of carbonyl (C=O) groups is 1. The van der Waals surface area contributed by atoms with E-state index >= 15 is 0 Å². The van der Waals surface area contributed by atoms with E-state index < -0.39 is 8.32 Å². The minimum atomic E-state index is -1.46. The molecule has 4 rings (SSSR count). The van der Waals surface area contributed by atoms with Crippen molar-refractivity contribution >= 4 is 14.1 Å². The van der Waals surface area contributed by atoms with Gasteiger partial charge in [0.05, 0.1) is 0 Å². The lowest BCUT2D eigenvalue weighted by atomic mass is 9.48. The summed E-state index contributed by atoms with van der Waals surface area (Å²) in [5.41, 5.74) is 2.06. The Balaban J connectivity index is 1.57. The summed E-state index contributed by atoms with van der Waals surface area (Å²) in [6, 6.07) is 0. The van der Waals surface area contributed by atoms with Crippen LogP contribution in [0.5, 0.6) is 0 Å². The van der Waals surface area contributed by atoms with E-state index in [4.69, 9.17) is 4.43 Å². The average molecular weight is 361 g/mol. The molecule has 0 aromatic carbocycles. The molecule has 3 heteroatoms. The van der Waals surface area contributed by atoms with Gasteiger partial charge in [0.2, 0.25) is 0 Å². The fourth-order valence-electron chi connectivity index (χ4n) is 7.00. The summed E-state index contributed by atoms with van der Waals surface area (Å²) in [5.74, 6) is 2.74. The highest BCUT2D eigenvalue weighted by atomic mass is 28.4. The first-order chi connectivity index (χ1) is 11.6. The lowest BCUT2D eigenvalue weighted by molar-refractivity contribution is -0.131. The van der Waals surface area contributed by atoms with Crippen LogP contribution in [-0.2, 0) is 9.22 Å². The third kappa shape index (κ3) is 2.81. The largest absolute Gasteiger partial charge is 0.414 e. The summed E-state index contributed by atoms with van der Waals surface area (Å²) in [5, 5.41) is 0.